The second-order valence-electron chi connectivity index (χ2n) is 2.41. The van der Waals surface area contributed by atoms with Crippen LogP contribution in [0.4, 0.5) is 13.2 Å². The number of hydrogen-bond donors (Lipinski definition) is 1. The Bertz CT molecular complexity index is 119. The minimum atomic E-state index is -4.28. The summed E-state index contributed by atoms with van der Waals surface area (Å²) in [5.41, 5.74) is 2.16. The molecule has 0 saturated heterocycles. The monoisotopic (exact) mass is 201 g/mol. The third kappa shape index (κ3) is 11.7. The Labute approximate surface area is 75.2 Å². The lowest BCUT2D eigenvalue weighted by Crippen LogP contribution is -2.27. The summed E-state index contributed by atoms with van der Waals surface area (Å²) in [6.07, 6.45) is -3.39. The van der Waals surface area contributed by atoms with Crippen molar-refractivity contribution < 1.29 is 22.7 Å². The molecule has 0 aromatic carbocycles. The molecule has 0 amide bonds. The lowest BCUT2D eigenvalue weighted by molar-refractivity contribution is -0.190. The van der Waals surface area contributed by atoms with Crippen LogP contribution in [0.3, 0.4) is 0 Å². The van der Waals surface area contributed by atoms with Gasteiger partial charge in [0.15, 0.2) is 6.61 Å². The summed E-state index contributed by atoms with van der Waals surface area (Å²) in [5.74, 6) is 0. The van der Waals surface area contributed by atoms with E-state index in [-0.39, 0.29) is 6.54 Å². The second-order valence-corrected chi connectivity index (χ2v) is 2.41. The van der Waals surface area contributed by atoms with Gasteiger partial charge in [0.2, 0.25) is 0 Å². The number of halogens is 3. The molecule has 0 bridgehead atoms. The number of hydroxylamine groups is 1. The predicted molar refractivity (Wildman–Crippen MR) is 41.1 cm³/mol. The summed E-state index contributed by atoms with van der Waals surface area (Å²) in [4.78, 5) is 4.12. The standard InChI is InChI=1S/C7H14F3NO2/c1-2-4-12-5-3-11-13-6-7(8,9)10/h11H,2-6H2,1H3. The van der Waals surface area contributed by atoms with Gasteiger partial charge in [-0.2, -0.15) is 18.7 Å². The average molecular weight is 201 g/mol. The molecular weight excluding hydrogens is 187 g/mol. The van der Waals surface area contributed by atoms with Gasteiger partial charge in [-0.05, 0) is 6.42 Å². The van der Waals surface area contributed by atoms with Gasteiger partial charge < -0.3 is 4.74 Å². The highest BCUT2D eigenvalue weighted by Gasteiger charge is 2.27. The fourth-order valence-electron chi connectivity index (χ4n) is 0.565. The van der Waals surface area contributed by atoms with Crippen LogP contribution in [-0.2, 0) is 9.57 Å². The lowest BCUT2D eigenvalue weighted by atomic mass is 10.5. The van der Waals surface area contributed by atoms with Crippen LogP contribution in [0.5, 0.6) is 0 Å². The van der Waals surface area contributed by atoms with Gasteiger partial charge in [0.05, 0.1) is 6.61 Å². The van der Waals surface area contributed by atoms with E-state index in [2.05, 4.69) is 10.3 Å². The fraction of sp³-hybridized carbons (Fsp3) is 1.00. The molecule has 80 valence electrons. The molecule has 3 nitrogen and oxygen atoms in total. The zero-order valence-electron chi connectivity index (χ0n) is 7.49. The summed E-state index contributed by atoms with van der Waals surface area (Å²) in [7, 11) is 0. The summed E-state index contributed by atoms with van der Waals surface area (Å²) in [6.45, 7) is 1.90. The summed E-state index contributed by atoms with van der Waals surface area (Å²) >= 11 is 0. The van der Waals surface area contributed by atoms with E-state index >= 15 is 0 Å². The predicted octanol–water partition coefficient (Wildman–Crippen LogP) is 1.50. The van der Waals surface area contributed by atoms with E-state index in [9.17, 15) is 13.2 Å². The minimum absolute atomic E-state index is 0.260. The average Bonchev–Trinajstić information content (AvgIpc) is 2.01. The van der Waals surface area contributed by atoms with Crippen LogP contribution in [0.1, 0.15) is 13.3 Å². The molecule has 0 heterocycles. The summed E-state index contributed by atoms with van der Waals surface area (Å²) in [5, 5.41) is 0. The van der Waals surface area contributed by atoms with Crippen LogP contribution in [0, 0.1) is 0 Å². The van der Waals surface area contributed by atoms with Gasteiger partial charge in [-0.1, -0.05) is 6.92 Å². The summed E-state index contributed by atoms with van der Waals surface area (Å²) < 4.78 is 39.5. The smallest absolute Gasteiger partial charge is 0.380 e. The van der Waals surface area contributed by atoms with Crippen molar-refractivity contribution in [2.24, 2.45) is 0 Å². The van der Waals surface area contributed by atoms with Crippen LogP contribution >= 0.6 is 0 Å². The van der Waals surface area contributed by atoms with Crippen molar-refractivity contribution in [3.05, 3.63) is 0 Å². The first-order valence-corrected chi connectivity index (χ1v) is 4.05. The zero-order valence-corrected chi connectivity index (χ0v) is 7.49. The Morgan fingerprint density at radius 3 is 2.46 bits per heavy atom. The SMILES string of the molecule is CCCOCCNOCC(F)(F)F. The highest BCUT2D eigenvalue weighted by atomic mass is 19.4. The molecule has 0 saturated carbocycles. The van der Waals surface area contributed by atoms with Gasteiger partial charge in [0.25, 0.3) is 0 Å². The van der Waals surface area contributed by atoms with Crippen molar-refractivity contribution in [3.8, 4) is 0 Å². The maximum atomic E-state index is 11.5. The second kappa shape index (κ2) is 7.11. The largest absolute Gasteiger partial charge is 0.413 e. The lowest BCUT2D eigenvalue weighted by Gasteiger charge is -2.08. The van der Waals surface area contributed by atoms with Gasteiger partial charge in [-0.3, -0.25) is 4.84 Å². The van der Waals surface area contributed by atoms with Crippen molar-refractivity contribution in [2.45, 2.75) is 19.5 Å². The third-order valence-corrected chi connectivity index (χ3v) is 1.03. The Kier molecular flexibility index (Phi) is 6.93. The molecule has 0 aliphatic rings. The van der Waals surface area contributed by atoms with Gasteiger partial charge in [0, 0.05) is 13.2 Å². The molecule has 0 radical (unpaired) electrons. The van der Waals surface area contributed by atoms with E-state index in [0.717, 1.165) is 6.42 Å². The molecule has 0 unspecified atom stereocenters. The number of hydrogen-bond acceptors (Lipinski definition) is 3. The molecule has 0 rings (SSSR count). The van der Waals surface area contributed by atoms with E-state index in [1.807, 2.05) is 6.92 Å². The van der Waals surface area contributed by atoms with Crippen molar-refractivity contribution in [3.63, 3.8) is 0 Å². The molecule has 1 N–H and O–H groups in total. The van der Waals surface area contributed by atoms with Crippen LogP contribution in [0.2, 0.25) is 0 Å². The van der Waals surface area contributed by atoms with Crippen molar-refractivity contribution >= 4 is 0 Å². The topological polar surface area (TPSA) is 30.5 Å². The van der Waals surface area contributed by atoms with Crippen LogP contribution in [0.25, 0.3) is 0 Å². The van der Waals surface area contributed by atoms with Gasteiger partial charge in [-0.25, -0.2) is 0 Å². The molecule has 0 atom stereocenters. The highest BCUT2D eigenvalue weighted by Crippen LogP contribution is 2.13. The maximum Gasteiger partial charge on any atom is 0.413 e. The van der Waals surface area contributed by atoms with Crippen molar-refractivity contribution in [1.29, 1.82) is 0 Å². The van der Waals surface area contributed by atoms with E-state index in [4.69, 9.17) is 4.74 Å². The Morgan fingerprint density at radius 1 is 1.23 bits per heavy atom. The molecule has 0 aromatic heterocycles. The Balaban J connectivity index is 3.00. The molecule has 0 aromatic rings. The molecular formula is C7H14F3NO2. The van der Waals surface area contributed by atoms with E-state index in [1.165, 1.54) is 0 Å². The quantitative estimate of drug-likeness (QED) is 0.500. The maximum absolute atomic E-state index is 11.5. The van der Waals surface area contributed by atoms with Crippen molar-refractivity contribution in [2.75, 3.05) is 26.4 Å². The zero-order chi connectivity index (χ0) is 10.2. The van der Waals surface area contributed by atoms with Crippen LogP contribution in [0.15, 0.2) is 0 Å². The normalized spacial score (nSPS) is 12.0. The molecule has 0 spiro atoms. The Hall–Kier alpha value is -0.330. The minimum Gasteiger partial charge on any atom is -0.380 e. The first-order valence-electron chi connectivity index (χ1n) is 4.05. The molecule has 13 heavy (non-hydrogen) atoms. The van der Waals surface area contributed by atoms with E-state index < -0.39 is 12.8 Å². The first-order chi connectivity index (χ1) is 6.06. The van der Waals surface area contributed by atoms with Crippen LogP contribution in [-0.4, -0.2) is 32.5 Å². The first kappa shape index (κ1) is 12.7. The number of alkyl halides is 3. The highest BCUT2D eigenvalue weighted by molar-refractivity contribution is 4.43. The van der Waals surface area contributed by atoms with Gasteiger partial charge in [-0.15, -0.1) is 0 Å². The molecule has 0 aliphatic carbocycles. The van der Waals surface area contributed by atoms with Gasteiger partial charge >= 0.3 is 6.18 Å². The number of ether oxygens (including phenoxy) is 1. The van der Waals surface area contributed by atoms with E-state index in [1.54, 1.807) is 0 Å². The molecule has 0 aliphatic heterocycles. The van der Waals surface area contributed by atoms with Gasteiger partial charge in [0.1, 0.15) is 0 Å². The summed E-state index contributed by atoms with van der Waals surface area (Å²) in [6, 6.07) is 0. The van der Waals surface area contributed by atoms with E-state index in [0.29, 0.717) is 13.2 Å². The number of nitrogens with one attached hydrogen (secondary N) is 1. The third-order valence-electron chi connectivity index (χ3n) is 1.03. The fourth-order valence-corrected chi connectivity index (χ4v) is 0.565. The molecule has 6 heteroatoms. The molecule has 0 fully saturated rings. The van der Waals surface area contributed by atoms with Crippen molar-refractivity contribution in [1.82, 2.24) is 5.48 Å². The Morgan fingerprint density at radius 2 is 1.92 bits per heavy atom. The number of rotatable bonds is 7. The van der Waals surface area contributed by atoms with Crippen LogP contribution < -0.4 is 5.48 Å².